The summed E-state index contributed by atoms with van der Waals surface area (Å²) in [5.74, 6) is -1.42. The number of hydrogen-bond acceptors (Lipinski definition) is 4. The molecule has 0 bridgehead atoms. The maximum atomic E-state index is 11.8. The normalized spacial score (nSPS) is 13.9. The Morgan fingerprint density at radius 2 is 2.28 bits per heavy atom. The number of aliphatic carboxylic acids is 1. The number of carboxylic acid groups (broad SMARTS) is 1. The fourth-order valence-electron chi connectivity index (χ4n) is 1.25. The largest absolute Gasteiger partial charge is 0.480 e. The molecule has 0 aliphatic heterocycles. The van der Waals surface area contributed by atoms with Crippen molar-refractivity contribution in [3.8, 4) is 0 Å². The number of carbonyl (C=O) groups is 2. The Morgan fingerprint density at radius 3 is 2.72 bits per heavy atom. The van der Waals surface area contributed by atoms with Crippen LogP contribution >= 0.6 is 27.3 Å². The van der Waals surface area contributed by atoms with Gasteiger partial charge < -0.3 is 10.4 Å². The maximum Gasteiger partial charge on any atom is 0.327 e. The number of nitrogens with one attached hydrogen (secondary N) is 1. The number of thiophene rings is 1. The van der Waals surface area contributed by atoms with E-state index >= 15 is 0 Å². The monoisotopic (exact) mass is 353 g/mol. The third-order valence-electron chi connectivity index (χ3n) is 1.95. The lowest BCUT2D eigenvalue weighted by molar-refractivity contribution is -0.140. The van der Waals surface area contributed by atoms with Crippen molar-refractivity contribution in [2.24, 2.45) is 0 Å². The number of amides is 1. The minimum absolute atomic E-state index is 0.0928. The van der Waals surface area contributed by atoms with Gasteiger partial charge in [-0.2, -0.15) is 0 Å². The molecule has 1 aromatic rings. The smallest absolute Gasteiger partial charge is 0.327 e. The molecule has 0 radical (unpaired) electrons. The Morgan fingerprint density at radius 1 is 1.61 bits per heavy atom. The Labute approximate surface area is 119 Å². The standard InChI is InChI=1S/C10H12BrNO4S2/c1-6(13)12-9(10(14)15)5-18(16)4-8-2-7(11)3-17-8/h2-3,9H,4-5H2,1H3,(H,12,13)(H,14,15)/t9-,18?/m0/s1. The van der Waals surface area contributed by atoms with Gasteiger partial charge in [0.05, 0.1) is 11.5 Å². The van der Waals surface area contributed by atoms with Crippen LogP contribution in [-0.4, -0.2) is 33.0 Å². The van der Waals surface area contributed by atoms with E-state index in [1.165, 1.54) is 18.3 Å². The second kappa shape index (κ2) is 7.01. The van der Waals surface area contributed by atoms with Crippen molar-refractivity contribution in [2.75, 3.05) is 5.75 Å². The molecule has 1 amide bonds. The lowest BCUT2D eigenvalue weighted by atomic mass is 10.3. The van der Waals surface area contributed by atoms with Gasteiger partial charge in [0, 0.05) is 32.5 Å². The van der Waals surface area contributed by atoms with Gasteiger partial charge in [0.1, 0.15) is 6.04 Å². The molecule has 8 heteroatoms. The third-order valence-corrected chi connectivity index (χ3v) is 5.17. The van der Waals surface area contributed by atoms with Gasteiger partial charge in [0.15, 0.2) is 0 Å². The van der Waals surface area contributed by atoms with Crippen LogP contribution < -0.4 is 5.32 Å². The topological polar surface area (TPSA) is 83.5 Å². The molecule has 18 heavy (non-hydrogen) atoms. The molecule has 2 atom stereocenters. The van der Waals surface area contributed by atoms with E-state index in [9.17, 15) is 13.8 Å². The van der Waals surface area contributed by atoms with Crippen molar-refractivity contribution in [1.29, 1.82) is 0 Å². The second-order valence-electron chi connectivity index (χ2n) is 3.57. The molecule has 2 N–H and O–H groups in total. The minimum Gasteiger partial charge on any atom is -0.480 e. The quantitative estimate of drug-likeness (QED) is 0.808. The highest BCUT2D eigenvalue weighted by molar-refractivity contribution is 9.10. The number of rotatable bonds is 6. The number of carboxylic acids is 1. The first-order valence-corrected chi connectivity index (χ1v) is 8.12. The van der Waals surface area contributed by atoms with Crippen LogP contribution in [0.2, 0.25) is 0 Å². The van der Waals surface area contributed by atoms with Gasteiger partial charge in [-0.1, -0.05) is 0 Å². The van der Waals surface area contributed by atoms with Crippen LogP contribution in [0.1, 0.15) is 11.8 Å². The zero-order chi connectivity index (χ0) is 13.7. The minimum atomic E-state index is -1.33. The Balaban J connectivity index is 2.56. The summed E-state index contributed by atoms with van der Waals surface area (Å²) >= 11 is 4.74. The fourth-order valence-corrected chi connectivity index (χ4v) is 4.27. The van der Waals surface area contributed by atoms with Crippen molar-refractivity contribution in [1.82, 2.24) is 5.32 Å². The van der Waals surface area contributed by atoms with Crippen LogP contribution in [0.15, 0.2) is 15.9 Å². The van der Waals surface area contributed by atoms with Gasteiger partial charge in [-0.15, -0.1) is 11.3 Å². The lowest BCUT2D eigenvalue weighted by Crippen LogP contribution is -2.43. The van der Waals surface area contributed by atoms with Crippen molar-refractivity contribution < 1.29 is 18.9 Å². The molecule has 1 aromatic heterocycles. The van der Waals surface area contributed by atoms with Gasteiger partial charge in [0.2, 0.25) is 5.91 Å². The van der Waals surface area contributed by atoms with Crippen LogP contribution in [0.4, 0.5) is 0 Å². The zero-order valence-electron chi connectivity index (χ0n) is 9.51. The lowest BCUT2D eigenvalue weighted by Gasteiger charge is -2.12. The van der Waals surface area contributed by atoms with Gasteiger partial charge in [-0.3, -0.25) is 9.00 Å². The summed E-state index contributed by atoms with van der Waals surface area (Å²) in [5, 5.41) is 13.0. The van der Waals surface area contributed by atoms with Gasteiger partial charge in [-0.25, -0.2) is 4.79 Å². The van der Waals surface area contributed by atoms with Crippen LogP contribution in [0.3, 0.4) is 0 Å². The summed E-state index contributed by atoms with van der Waals surface area (Å²) in [6.45, 7) is 1.23. The summed E-state index contributed by atoms with van der Waals surface area (Å²) < 4.78 is 12.7. The summed E-state index contributed by atoms with van der Waals surface area (Å²) in [4.78, 5) is 22.6. The highest BCUT2D eigenvalue weighted by Crippen LogP contribution is 2.21. The highest BCUT2D eigenvalue weighted by atomic mass is 79.9. The van der Waals surface area contributed by atoms with Crippen LogP contribution in [0.25, 0.3) is 0 Å². The fraction of sp³-hybridized carbons (Fsp3) is 0.400. The molecule has 0 fully saturated rings. The van der Waals surface area contributed by atoms with Crippen molar-refractivity contribution in [2.45, 2.75) is 18.7 Å². The van der Waals surface area contributed by atoms with E-state index in [0.717, 1.165) is 9.35 Å². The van der Waals surface area contributed by atoms with Gasteiger partial charge >= 0.3 is 5.97 Å². The molecule has 0 saturated carbocycles. The van der Waals surface area contributed by atoms with E-state index < -0.39 is 28.7 Å². The SMILES string of the molecule is CC(=O)N[C@@H](CS(=O)Cc1cc(Br)cs1)C(=O)O. The molecule has 100 valence electrons. The Kier molecular flexibility index (Phi) is 5.97. The second-order valence-corrected chi connectivity index (χ2v) is 6.99. The molecule has 0 aliphatic rings. The number of halogens is 1. The zero-order valence-corrected chi connectivity index (χ0v) is 12.7. The molecule has 1 heterocycles. The highest BCUT2D eigenvalue weighted by Gasteiger charge is 2.21. The van der Waals surface area contributed by atoms with Crippen LogP contribution in [-0.2, 0) is 26.1 Å². The first kappa shape index (κ1) is 15.3. The van der Waals surface area contributed by atoms with Crippen molar-refractivity contribution in [3.63, 3.8) is 0 Å². The Hall–Kier alpha value is -0.730. The average Bonchev–Trinajstić information content (AvgIpc) is 2.62. The average molecular weight is 354 g/mol. The van der Waals surface area contributed by atoms with Gasteiger partial charge in [-0.05, 0) is 22.0 Å². The molecule has 1 rings (SSSR count). The molecular weight excluding hydrogens is 342 g/mol. The molecule has 1 unspecified atom stereocenters. The molecule has 0 spiro atoms. The van der Waals surface area contributed by atoms with E-state index in [-0.39, 0.29) is 5.75 Å². The van der Waals surface area contributed by atoms with E-state index in [1.54, 1.807) is 0 Å². The first-order valence-electron chi connectivity index (χ1n) is 4.96. The predicted molar refractivity (Wildman–Crippen MR) is 74.0 cm³/mol. The van der Waals surface area contributed by atoms with E-state index in [2.05, 4.69) is 21.2 Å². The third kappa shape index (κ3) is 5.28. The van der Waals surface area contributed by atoms with Crippen molar-refractivity contribution in [3.05, 3.63) is 20.8 Å². The van der Waals surface area contributed by atoms with Crippen LogP contribution in [0.5, 0.6) is 0 Å². The first-order chi connectivity index (χ1) is 8.38. The molecule has 5 nitrogen and oxygen atoms in total. The summed E-state index contributed by atoms with van der Waals surface area (Å²) in [5.41, 5.74) is 0. The number of hydrogen-bond donors (Lipinski definition) is 2. The predicted octanol–water partition coefficient (Wildman–Crippen LogP) is 1.35. The molecule has 0 aliphatic carbocycles. The molecule has 0 saturated heterocycles. The summed E-state index contributed by atoms with van der Waals surface area (Å²) in [6, 6.07) is 0.739. The van der Waals surface area contributed by atoms with E-state index in [1.807, 2.05) is 11.4 Å². The van der Waals surface area contributed by atoms with Gasteiger partial charge in [0.25, 0.3) is 0 Å². The van der Waals surface area contributed by atoms with E-state index in [4.69, 9.17) is 5.11 Å². The number of carbonyl (C=O) groups excluding carboxylic acids is 1. The summed E-state index contributed by atoms with van der Waals surface area (Å²) in [6.07, 6.45) is 0. The Bertz CT molecular complexity index is 474. The molecular formula is C10H12BrNO4S2. The van der Waals surface area contributed by atoms with Crippen LogP contribution in [0, 0.1) is 0 Å². The molecule has 0 aromatic carbocycles. The van der Waals surface area contributed by atoms with Crippen molar-refractivity contribution >= 4 is 49.9 Å². The summed E-state index contributed by atoms with van der Waals surface area (Å²) in [7, 11) is -1.33. The van der Waals surface area contributed by atoms with E-state index in [0.29, 0.717) is 5.75 Å². The maximum absolute atomic E-state index is 11.8.